The first-order valence-corrected chi connectivity index (χ1v) is 11.6. The number of amides is 2. The molecular weight excluding hydrogens is 536 g/mol. The number of imidazole rings is 1. The predicted octanol–water partition coefficient (Wildman–Crippen LogP) is 6.13. The van der Waals surface area contributed by atoms with Crippen LogP contribution in [0.2, 0.25) is 0 Å². The summed E-state index contributed by atoms with van der Waals surface area (Å²) in [7, 11) is 0. The van der Waals surface area contributed by atoms with Crippen molar-refractivity contribution >= 4 is 29.2 Å². The summed E-state index contributed by atoms with van der Waals surface area (Å²) in [6.45, 7) is -1.74. The fourth-order valence-electron chi connectivity index (χ4n) is 3.78. The van der Waals surface area contributed by atoms with E-state index in [1.54, 1.807) is 18.3 Å². The zero-order valence-electron chi connectivity index (χ0n) is 20.4. The molecule has 0 aliphatic rings. The number of aromatic amines is 1. The van der Waals surface area contributed by atoms with Crippen molar-refractivity contribution in [3.63, 3.8) is 0 Å². The van der Waals surface area contributed by atoms with Gasteiger partial charge in [0.15, 0.2) is 12.4 Å². The number of carboxylic acid groups (broad SMARTS) is 1. The molecular formula is C27H20F4N4O5. The van der Waals surface area contributed by atoms with Gasteiger partial charge in [-0.15, -0.1) is 0 Å². The second-order valence-corrected chi connectivity index (χ2v) is 8.37. The number of nitrogens with one attached hydrogen (secondary N) is 3. The van der Waals surface area contributed by atoms with Gasteiger partial charge < -0.3 is 20.1 Å². The standard InChI is InChI=1S/C27H20F4N4O5/c28-19-7-2-1-6-17(19)18-11-20(21(35-26(38)39)12-23(18)40-14-27(29,30)31)34-24(37)13-22(36)15-4-3-5-16(10-15)25-32-8-9-33-25/h1-12,35H,13-14H2,(H,32,33)(H,34,37)(H,38,39). The average Bonchev–Trinajstić information content (AvgIpc) is 3.43. The summed E-state index contributed by atoms with van der Waals surface area (Å²) < 4.78 is 58.1. The molecule has 0 saturated heterocycles. The first kappa shape index (κ1) is 27.8. The van der Waals surface area contributed by atoms with Gasteiger partial charge in [-0.3, -0.25) is 14.9 Å². The molecule has 0 bridgehead atoms. The van der Waals surface area contributed by atoms with Crippen LogP contribution in [-0.2, 0) is 4.79 Å². The second kappa shape index (κ2) is 11.7. The Bertz CT molecular complexity index is 1560. The van der Waals surface area contributed by atoms with Crippen LogP contribution in [-0.4, -0.2) is 45.6 Å². The molecule has 0 unspecified atom stereocenters. The van der Waals surface area contributed by atoms with Crippen LogP contribution in [0.3, 0.4) is 0 Å². The fourth-order valence-corrected chi connectivity index (χ4v) is 3.78. The molecule has 0 saturated carbocycles. The van der Waals surface area contributed by atoms with Crippen molar-refractivity contribution in [2.24, 2.45) is 0 Å². The van der Waals surface area contributed by atoms with Gasteiger partial charge in [-0.1, -0.05) is 36.4 Å². The Kier molecular flexibility index (Phi) is 8.12. The first-order valence-electron chi connectivity index (χ1n) is 11.6. The van der Waals surface area contributed by atoms with Crippen molar-refractivity contribution in [1.82, 2.24) is 9.97 Å². The van der Waals surface area contributed by atoms with Crippen LogP contribution in [0, 0.1) is 5.82 Å². The molecule has 4 rings (SSSR count). The van der Waals surface area contributed by atoms with E-state index in [1.807, 2.05) is 5.32 Å². The third-order valence-electron chi connectivity index (χ3n) is 5.47. The number of alkyl halides is 3. The average molecular weight is 556 g/mol. The highest BCUT2D eigenvalue weighted by Crippen LogP contribution is 2.39. The van der Waals surface area contributed by atoms with E-state index in [2.05, 4.69) is 15.3 Å². The molecule has 0 atom stereocenters. The topological polar surface area (TPSA) is 133 Å². The zero-order valence-corrected chi connectivity index (χ0v) is 20.4. The molecule has 0 radical (unpaired) electrons. The van der Waals surface area contributed by atoms with Gasteiger partial charge in [0.1, 0.15) is 17.4 Å². The van der Waals surface area contributed by atoms with Crippen molar-refractivity contribution < 1.29 is 41.8 Å². The third-order valence-corrected chi connectivity index (χ3v) is 5.47. The number of anilines is 2. The number of halogens is 4. The Labute approximate surface area is 223 Å². The van der Waals surface area contributed by atoms with Gasteiger partial charge in [0, 0.05) is 40.7 Å². The number of nitrogens with zero attached hydrogens (tertiary/aromatic N) is 1. The number of hydrogen-bond acceptors (Lipinski definition) is 5. The Morgan fingerprint density at radius 2 is 1.70 bits per heavy atom. The first-order chi connectivity index (χ1) is 19.0. The van der Waals surface area contributed by atoms with Gasteiger partial charge in [0.25, 0.3) is 0 Å². The molecule has 0 spiro atoms. The summed E-state index contributed by atoms with van der Waals surface area (Å²) in [5.41, 5.74) is -0.134. The van der Waals surface area contributed by atoms with E-state index in [4.69, 9.17) is 4.74 Å². The Hall–Kier alpha value is -5.20. The normalized spacial score (nSPS) is 11.1. The van der Waals surface area contributed by atoms with E-state index in [0.717, 1.165) is 18.2 Å². The van der Waals surface area contributed by atoms with E-state index in [-0.39, 0.29) is 28.1 Å². The summed E-state index contributed by atoms with van der Waals surface area (Å²) in [5, 5.41) is 13.6. The van der Waals surface area contributed by atoms with Crippen LogP contribution < -0.4 is 15.4 Å². The molecule has 0 aliphatic carbocycles. The van der Waals surface area contributed by atoms with Crippen LogP contribution in [0.15, 0.2) is 73.1 Å². The number of aromatic nitrogens is 2. The maximum atomic E-state index is 14.6. The number of rotatable bonds is 9. The molecule has 9 nitrogen and oxygen atoms in total. The second-order valence-electron chi connectivity index (χ2n) is 8.37. The van der Waals surface area contributed by atoms with E-state index in [0.29, 0.717) is 11.4 Å². The van der Waals surface area contributed by atoms with Crippen LogP contribution in [0.25, 0.3) is 22.5 Å². The summed E-state index contributed by atoms with van der Waals surface area (Å²) in [6, 6.07) is 13.5. The SMILES string of the molecule is O=C(O)Nc1cc(OCC(F)(F)F)c(-c2ccccc2F)cc1NC(=O)CC(=O)c1cccc(-c2ncc[nH]2)c1. The highest BCUT2D eigenvalue weighted by atomic mass is 19.4. The lowest BCUT2D eigenvalue weighted by atomic mass is 10.0. The molecule has 4 aromatic rings. The maximum Gasteiger partial charge on any atom is 0.422 e. The van der Waals surface area contributed by atoms with E-state index in [1.165, 1.54) is 36.5 Å². The number of benzene rings is 3. The van der Waals surface area contributed by atoms with Gasteiger partial charge in [-0.05, 0) is 18.2 Å². The summed E-state index contributed by atoms with van der Waals surface area (Å²) in [4.78, 5) is 44.0. The van der Waals surface area contributed by atoms with Gasteiger partial charge >= 0.3 is 12.3 Å². The minimum Gasteiger partial charge on any atom is -0.483 e. The van der Waals surface area contributed by atoms with Crippen LogP contribution >= 0.6 is 0 Å². The van der Waals surface area contributed by atoms with Crippen LogP contribution in [0.4, 0.5) is 33.7 Å². The Morgan fingerprint density at radius 3 is 2.38 bits per heavy atom. The molecule has 3 aromatic carbocycles. The number of carbonyl (C=O) groups is 3. The summed E-state index contributed by atoms with van der Waals surface area (Å²) >= 11 is 0. The number of hydrogen-bond donors (Lipinski definition) is 4. The van der Waals surface area contributed by atoms with Gasteiger partial charge in [-0.2, -0.15) is 13.2 Å². The largest absolute Gasteiger partial charge is 0.483 e. The fraction of sp³-hybridized carbons (Fsp3) is 0.111. The lowest BCUT2D eigenvalue weighted by Crippen LogP contribution is -2.21. The number of H-pyrrole nitrogens is 1. The molecule has 1 heterocycles. The summed E-state index contributed by atoms with van der Waals surface area (Å²) in [6.07, 6.45) is -3.85. The van der Waals surface area contributed by atoms with Crippen molar-refractivity contribution in [1.29, 1.82) is 0 Å². The van der Waals surface area contributed by atoms with E-state index < -0.39 is 48.6 Å². The van der Waals surface area contributed by atoms with Crippen molar-refractivity contribution in [2.75, 3.05) is 17.2 Å². The lowest BCUT2D eigenvalue weighted by molar-refractivity contribution is -0.153. The third kappa shape index (κ3) is 7.01. The number of Topliss-reactive ketones (excluding diaryl/α,β-unsaturated/α-hetero) is 1. The monoisotopic (exact) mass is 556 g/mol. The molecule has 206 valence electrons. The number of ketones is 1. The quantitative estimate of drug-likeness (QED) is 0.111. The molecule has 1 aromatic heterocycles. The number of carbonyl (C=O) groups excluding carboxylic acids is 2. The number of ether oxygens (including phenoxy) is 1. The molecule has 2 amide bonds. The van der Waals surface area contributed by atoms with Crippen molar-refractivity contribution in [3.8, 4) is 28.3 Å². The zero-order chi connectivity index (χ0) is 28.9. The van der Waals surface area contributed by atoms with Gasteiger partial charge in [-0.25, -0.2) is 14.2 Å². The van der Waals surface area contributed by atoms with E-state index >= 15 is 0 Å². The minimum atomic E-state index is -4.74. The minimum absolute atomic E-state index is 0.164. The van der Waals surface area contributed by atoms with Crippen molar-refractivity contribution in [3.05, 3.63) is 84.4 Å². The van der Waals surface area contributed by atoms with Crippen molar-refractivity contribution in [2.45, 2.75) is 12.6 Å². The molecule has 4 N–H and O–H groups in total. The Morgan fingerprint density at radius 1 is 0.950 bits per heavy atom. The highest BCUT2D eigenvalue weighted by molar-refractivity contribution is 6.12. The lowest BCUT2D eigenvalue weighted by Gasteiger charge is -2.18. The van der Waals surface area contributed by atoms with E-state index in [9.17, 15) is 37.1 Å². The molecule has 0 fully saturated rings. The van der Waals surface area contributed by atoms with Gasteiger partial charge in [0.2, 0.25) is 5.91 Å². The molecule has 13 heteroatoms. The highest BCUT2D eigenvalue weighted by Gasteiger charge is 2.30. The van der Waals surface area contributed by atoms with Gasteiger partial charge in [0.05, 0.1) is 17.8 Å². The smallest absolute Gasteiger partial charge is 0.422 e. The predicted molar refractivity (Wildman–Crippen MR) is 137 cm³/mol. The maximum absolute atomic E-state index is 14.6. The summed E-state index contributed by atoms with van der Waals surface area (Å²) in [5.74, 6) is -2.21. The van der Waals surface area contributed by atoms with Crippen LogP contribution in [0.1, 0.15) is 16.8 Å². The van der Waals surface area contributed by atoms with Crippen LogP contribution in [0.5, 0.6) is 5.75 Å². The molecule has 0 aliphatic heterocycles. The Balaban J connectivity index is 1.65. The molecule has 40 heavy (non-hydrogen) atoms.